The number of aryl methyl sites for hydroxylation is 1. The molecular formula is C15H16ClFN2O. The second kappa shape index (κ2) is 6.68. The molecule has 1 heterocycles. The first-order valence-electron chi connectivity index (χ1n) is 6.28. The fourth-order valence-electron chi connectivity index (χ4n) is 1.81. The largest absolute Gasteiger partial charge is 0.487 e. The molecular weight excluding hydrogens is 279 g/mol. The Morgan fingerprint density at radius 2 is 2.10 bits per heavy atom. The molecule has 2 aromatic rings. The number of nitrogens with one attached hydrogen (secondary N) is 1. The second-order valence-electron chi connectivity index (χ2n) is 4.46. The predicted molar refractivity (Wildman–Crippen MR) is 77.5 cm³/mol. The van der Waals surface area contributed by atoms with Gasteiger partial charge in [-0.05, 0) is 43.8 Å². The lowest BCUT2D eigenvalue weighted by Gasteiger charge is -2.11. The maximum absolute atomic E-state index is 13.1. The van der Waals surface area contributed by atoms with Crippen molar-refractivity contribution in [3.63, 3.8) is 0 Å². The van der Waals surface area contributed by atoms with Crippen LogP contribution >= 0.6 is 11.6 Å². The first kappa shape index (κ1) is 14.8. The number of pyridine rings is 1. The highest BCUT2D eigenvalue weighted by Gasteiger charge is 2.07. The van der Waals surface area contributed by atoms with Gasteiger partial charge in [-0.2, -0.15) is 0 Å². The number of halogens is 2. The molecule has 3 nitrogen and oxygen atoms in total. The molecule has 20 heavy (non-hydrogen) atoms. The van der Waals surface area contributed by atoms with Crippen molar-refractivity contribution >= 4 is 11.6 Å². The lowest BCUT2D eigenvalue weighted by molar-refractivity contribution is 0.300. The van der Waals surface area contributed by atoms with Crippen LogP contribution in [0.4, 0.5) is 4.39 Å². The van der Waals surface area contributed by atoms with Crippen LogP contribution in [0.25, 0.3) is 0 Å². The molecule has 0 atom stereocenters. The van der Waals surface area contributed by atoms with Crippen molar-refractivity contribution in [1.82, 2.24) is 10.3 Å². The van der Waals surface area contributed by atoms with E-state index in [9.17, 15) is 4.39 Å². The third-order valence-electron chi connectivity index (χ3n) is 2.79. The fraction of sp³-hybridized carbons (Fsp3) is 0.267. The number of nitrogens with zero attached hydrogens (tertiary/aromatic N) is 1. The van der Waals surface area contributed by atoms with E-state index in [1.807, 2.05) is 26.1 Å². The molecule has 0 radical (unpaired) electrons. The highest BCUT2D eigenvalue weighted by atomic mass is 35.5. The van der Waals surface area contributed by atoms with Gasteiger partial charge in [0.1, 0.15) is 18.2 Å². The summed E-state index contributed by atoms with van der Waals surface area (Å²) in [5.74, 6) is 0.286. The van der Waals surface area contributed by atoms with Crippen LogP contribution in [0.1, 0.15) is 17.0 Å². The van der Waals surface area contributed by atoms with Gasteiger partial charge in [-0.15, -0.1) is 0 Å². The van der Waals surface area contributed by atoms with Crippen LogP contribution in [-0.2, 0) is 13.2 Å². The van der Waals surface area contributed by atoms with Crippen LogP contribution < -0.4 is 10.1 Å². The zero-order chi connectivity index (χ0) is 14.5. The number of hydrogen-bond donors (Lipinski definition) is 1. The van der Waals surface area contributed by atoms with Crippen LogP contribution in [0.5, 0.6) is 5.75 Å². The molecule has 0 spiro atoms. The van der Waals surface area contributed by atoms with Crippen molar-refractivity contribution in [2.75, 3.05) is 7.05 Å². The fourth-order valence-corrected chi connectivity index (χ4v) is 2.02. The number of hydrogen-bond acceptors (Lipinski definition) is 3. The van der Waals surface area contributed by atoms with Crippen molar-refractivity contribution in [3.8, 4) is 5.75 Å². The summed E-state index contributed by atoms with van der Waals surface area (Å²) in [6.45, 7) is 2.88. The van der Waals surface area contributed by atoms with Gasteiger partial charge in [0.05, 0.1) is 10.7 Å². The molecule has 1 aromatic heterocycles. The lowest BCUT2D eigenvalue weighted by atomic mass is 10.2. The minimum atomic E-state index is -0.428. The maximum Gasteiger partial charge on any atom is 0.142 e. The molecule has 5 heteroatoms. The van der Waals surface area contributed by atoms with Gasteiger partial charge in [-0.3, -0.25) is 4.98 Å². The van der Waals surface area contributed by atoms with Gasteiger partial charge in [0.25, 0.3) is 0 Å². The van der Waals surface area contributed by atoms with Crippen molar-refractivity contribution in [2.24, 2.45) is 0 Å². The summed E-state index contributed by atoms with van der Waals surface area (Å²) >= 11 is 5.74. The summed E-state index contributed by atoms with van der Waals surface area (Å²) in [6.07, 6.45) is 0. The average molecular weight is 295 g/mol. The molecule has 0 bridgehead atoms. The van der Waals surface area contributed by atoms with Gasteiger partial charge in [0.15, 0.2) is 0 Å². The van der Waals surface area contributed by atoms with Gasteiger partial charge in [-0.25, -0.2) is 4.39 Å². The Morgan fingerprint density at radius 1 is 1.30 bits per heavy atom. The first-order valence-corrected chi connectivity index (χ1v) is 6.66. The normalized spacial score (nSPS) is 10.6. The molecule has 0 fully saturated rings. The molecule has 106 valence electrons. The van der Waals surface area contributed by atoms with Crippen molar-refractivity contribution < 1.29 is 9.13 Å². The minimum Gasteiger partial charge on any atom is -0.487 e. The molecule has 2 rings (SSSR count). The molecule has 1 aromatic carbocycles. The van der Waals surface area contributed by atoms with Gasteiger partial charge >= 0.3 is 0 Å². The molecule has 0 aliphatic carbocycles. The highest BCUT2D eigenvalue weighted by molar-refractivity contribution is 6.30. The summed E-state index contributed by atoms with van der Waals surface area (Å²) < 4.78 is 18.8. The first-order chi connectivity index (χ1) is 9.60. The topological polar surface area (TPSA) is 34.2 Å². The molecule has 0 amide bonds. The Bertz CT molecular complexity index is 604. The predicted octanol–water partition coefficient (Wildman–Crippen LogP) is 3.48. The van der Waals surface area contributed by atoms with E-state index >= 15 is 0 Å². The zero-order valence-electron chi connectivity index (χ0n) is 11.4. The Morgan fingerprint density at radius 3 is 2.80 bits per heavy atom. The van der Waals surface area contributed by atoms with E-state index in [0.717, 1.165) is 17.0 Å². The third-order valence-corrected chi connectivity index (χ3v) is 3.08. The van der Waals surface area contributed by atoms with Gasteiger partial charge in [0.2, 0.25) is 0 Å². The van der Waals surface area contributed by atoms with Crippen LogP contribution in [-0.4, -0.2) is 12.0 Å². The number of ether oxygens (including phenoxy) is 1. The monoisotopic (exact) mass is 294 g/mol. The number of aromatic nitrogens is 1. The molecule has 1 N–H and O–H groups in total. The van der Waals surface area contributed by atoms with E-state index < -0.39 is 5.82 Å². The van der Waals surface area contributed by atoms with Crippen LogP contribution in [0.2, 0.25) is 5.02 Å². The Labute approximate surface area is 122 Å². The third kappa shape index (κ3) is 3.68. The Kier molecular flexibility index (Phi) is 4.93. The summed E-state index contributed by atoms with van der Waals surface area (Å²) in [5, 5.41) is 3.15. The van der Waals surface area contributed by atoms with Crippen LogP contribution in [0, 0.1) is 12.7 Å². The van der Waals surface area contributed by atoms with E-state index in [2.05, 4.69) is 10.3 Å². The second-order valence-corrected chi connectivity index (χ2v) is 4.87. The number of benzene rings is 1. The van der Waals surface area contributed by atoms with Crippen LogP contribution in [0.3, 0.4) is 0 Å². The number of rotatable bonds is 5. The molecule has 0 aliphatic heterocycles. The summed E-state index contributed by atoms with van der Waals surface area (Å²) in [7, 11) is 1.85. The molecule has 0 saturated carbocycles. The zero-order valence-corrected chi connectivity index (χ0v) is 12.2. The van der Waals surface area contributed by atoms with Crippen molar-refractivity contribution in [3.05, 3.63) is 58.1 Å². The highest BCUT2D eigenvalue weighted by Crippen LogP contribution is 2.20. The lowest BCUT2D eigenvalue weighted by Crippen LogP contribution is -2.10. The summed E-state index contributed by atoms with van der Waals surface area (Å²) in [4.78, 5) is 4.43. The standard InChI is InChI=1S/C15H16ClFN2O/c1-10-3-6-15(14(19-10)8-18-2)20-9-11-4-5-13(17)12(16)7-11/h3-7,18H,8-9H2,1-2H3. The van der Waals surface area contributed by atoms with Crippen molar-refractivity contribution in [2.45, 2.75) is 20.1 Å². The Balaban J connectivity index is 2.11. The Hall–Kier alpha value is -1.65. The van der Waals surface area contributed by atoms with Gasteiger partial charge < -0.3 is 10.1 Å². The van der Waals surface area contributed by atoms with E-state index in [1.54, 1.807) is 12.1 Å². The molecule has 0 aliphatic rings. The molecule has 0 saturated heterocycles. The van der Waals surface area contributed by atoms with E-state index in [4.69, 9.17) is 16.3 Å². The van der Waals surface area contributed by atoms with E-state index in [-0.39, 0.29) is 5.02 Å². The van der Waals surface area contributed by atoms with Crippen LogP contribution in [0.15, 0.2) is 30.3 Å². The summed E-state index contributed by atoms with van der Waals surface area (Å²) in [6, 6.07) is 8.34. The molecule has 0 unspecified atom stereocenters. The average Bonchev–Trinajstić information content (AvgIpc) is 2.42. The maximum atomic E-state index is 13.1. The van der Waals surface area contributed by atoms with Gasteiger partial charge in [-0.1, -0.05) is 17.7 Å². The van der Waals surface area contributed by atoms with E-state index in [0.29, 0.717) is 18.9 Å². The SMILES string of the molecule is CNCc1nc(C)ccc1OCc1ccc(F)c(Cl)c1. The summed E-state index contributed by atoms with van der Waals surface area (Å²) in [5.41, 5.74) is 2.60. The minimum absolute atomic E-state index is 0.101. The van der Waals surface area contributed by atoms with Gasteiger partial charge in [0, 0.05) is 12.2 Å². The quantitative estimate of drug-likeness (QED) is 0.917. The smallest absolute Gasteiger partial charge is 0.142 e. The van der Waals surface area contributed by atoms with E-state index in [1.165, 1.54) is 6.07 Å². The van der Waals surface area contributed by atoms with Crippen molar-refractivity contribution in [1.29, 1.82) is 0 Å².